The predicted octanol–water partition coefficient (Wildman–Crippen LogP) is 4.32. The molecule has 0 bridgehead atoms. The Balaban J connectivity index is 1.96. The number of nitrogens with one attached hydrogen (secondary N) is 1. The highest BCUT2D eigenvalue weighted by Gasteiger charge is 2.32. The molecular formula is C23H25NO4. The van der Waals surface area contributed by atoms with Gasteiger partial charge in [-0.15, -0.1) is 0 Å². The number of aryl methyl sites for hydroxylation is 1. The first-order valence-electron chi connectivity index (χ1n) is 9.44. The minimum atomic E-state index is -0.695. The van der Waals surface area contributed by atoms with Gasteiger partial charge in [0.2, 0.25) is 0 Å². The van der Waals surface area contributed by atoms with Crippen molar-refractivity contribution in [3.05, 3.63) is 53.1 Å². The van der Waals surface area contributed by atoms with E-state index in [0.29, 0.717) is 33.4 Å². The Hall–Kier alpha value is -2.76. The average Bonchev–Trinajstić information content (AvgIpc) is 2.66. The lowest BCUT2D eigenvalue weighted by Crippen LogP contribution is -2.39. The van der Waals surface area contributed by atoms with Crippen LogP contribution in [0.4, 0.5) is 0 Å². The zero-order valence-corrected chi connectivity index (χ0v) is 16.4. The van der Waals surface area contributed by atoms with Crippen molar-refractivity contribution in [1.29, 1.82) is 0 Å². The van der Waals surface area contributed by atoms with Gasteiger partial charge in [-0.2, -0.15) is 0 Å². The molecule has 0 radical (unpaired) electrons. The predicted molar refractivity (Wildman–Crippen MR) is 110 cm³/mol. The molecule has 1 aliphatic heterocycles. The third-order valence-electron chi connectivity index (χ3n) is 5.70. The highest BCUT2D eigenvalue weighted by Crippen LogP contribution is 2.47. The molecule has 5 nitrogen and oxygen atoms in total. The molecule has 1 aliphatic rings. The molecule has 0 spiro atoms. The highest BCUT2D eigenvalue weighted by atomic mass is 16.5. The average molecular weight is 379 g/mol. The molecule has 0 saturated carbocycles. The van der Waals surface area contributed by atoms with Crippen LogP contribution in [0.15, 0.2) is 36.4 Å². The highest BCUT2D eigenvalue weighted by molar-refractivity contribution is 6.00. The summed E-state index contributed by atoms with van der Waals surface area (Å²) >= 11 is 0. The summed E-state index contributed by atoms with van der Waals surface area (Å²) in [6.07, 6.45) is -0.695. The number of phenols is 2. The number of hydrogen-bond acceptors (Lipinski definition) is 5. The van der Waals surface area contributed by atoms with Gasteiger partial charge in [0.15, 0.2) is 0 Å². The first kappa shape index (κ1) is 18.6. The second-order valence-corrected chi connectivity index (χ2v) is 7.61. The van der Waals surface area contributed by atoms with Crippen LogP contribution in [0.25, 0.3) is 21.9 Å². The van der Waals surface area contributed by atoms with Gasteiger partial charge in [-0.25, -0.2) is 0 Å². The van der Waals surface area contributed by atoms with E-state index >= 15 is 0 Å². The molecule has 4 N–H and O–H groups in total. The van der Waals surface area contributed by atoms with E-state index in [1.54, 1.807) is 19.2 Å². The maximum atomic E-state index is 11.0. The lowest BCUT2D eigenvalue weighted by Gasteiger charge is -2.34. The number of aromatic hydroxyl groups is 2. The molecule has 4 rings (SSSR count). The van der Waals surface area contributed by atoms with Crippen LogP contribution in [-0.2, 0) is 0 Å². The summed E-state index contributed by atoms with van der Waals surface area (Å²) in [5.41, 5.74) is 3.47. The van der Waals surface area contributed by atoms with E-state index < -0.39 is 6.10 Å². The molecule has 0 aliphatic carbocycles. The maximum Gasteiger partial charge on any atom is 0.135 e. The monoisotopic (exact) mass is 379 g/mol. The van der Waals surface area contributed by atoms with Gasteiger partial charge in [-0.05, 0) is 49.4 Å². The Kier molecular flexibility index (Phi) is 4.44. The second kappa shape index (κ2) is 6.69. The van der Waals surface area contributed by atoms with E-state index in [1.807, 2.05) is 45.0 Å². The van der Waals surface area contributed by atoms with Gasteiger partial charge >= 0.3 is 0 Å². The van der Waals surface area contributed by atoms with Crippen molar-refractivity contribution in [3.8, 4) is 28.4 Å². The maximum absolute atomic E-state index is 11.0. The van der Waals surface area contributed by atoms with Crippen molar-refractivity contribution in [1.82, 2.24) is 5.32 Å². The number of hydrogen-bond donors (Lipinski definition) is 4. The smallest absolute Gasteiger partial charge is 0.135 e. The summed E-state index contributed by atoms with van der Waals surface area (Å²) in [6, 6.07) is 10.9. The number of rotatable bonds is 2. The molecule has 146 valence electrons. The molecule has 0 amide bonds. The van der Waals surface area contributed by atoms with Crippen LogP contribution < -0.4 is 10.1 Å². The SMILES string of the molecule is COc1cc(C)cc2ccc(-c3ccc4c(c3O)C(C)NC(C)C4O)c(O)c12. The Morgan fingerprint density at radius 2 is 1.64 bits per heavy atom. The topological polar surface area (TPSA) is 82.0 Å². The van der Waals surface area contributed by atoms with E-state index in [1.165, 1.54) is 0 Å². The lowest BCUT2D eigenvalue weighted by molar-refractivity contribution is 0.116. The van der Waals surface area contributed by atoms with Crippen LogP contribution in [0.3, 0.4) is 0 Å². The van der Waals surface area contributed by atoms with E-state index in [2.05, 4.69) is 5.32 Å². The summed E-state index contributed by atoms with van der Waals surface area (Å²) in [4.78, 5) is 0. The van der Waals surface area contributed by atoms with E-state index in [-0.39, 0.29) is 23.6 Å². The fourth-order valence-corrected chi connectivity index (χ4v) is 4.32. The van der Waals surface area contributed by atoms with Crippen LogP contribution in [0.1, 0.15) is 42.7 Å². The van der Waals surface area contributed by atoms with Crippen LogP contribution in [0.2, 0.25) is 0 Å². The molecule has 28 heavy (non-hydrogen) atoms. The van der Waals surface area contributed by atoms with Crippen molar-refractivity contribution in [3.63, 3.8) is 0 Å². The first-order chi connectivity index (χ1) is 13.3. The van der Waals surface area contributed by atoms with Gasteiger partial charge in [-0.3, -0.25) is 0 Å². The summed E-state index contributed by atoms with van der Waals surface area (Å²) in [6.45, 7) is 5.85. The minimum Gasteiger partial charge on any atom is -0.507 e. The van der Waals surface area contributed by atoms with E-state index in [0.717, 1.165) is 10.9 Å². The number of fused-ring (bicyclic) bond motifs is 2. The summed E-state index contributed by atoms with van der Waals surface area (Å²) in [5, 5.41) is 37.3. The van der Waals surface area contributed by atoms with Gasteiger partial charge in [0.1, 0.15) is 17.2 Å². The number of aliphatic hydroxyl groups excluding tert-OH is 1. The zero-order valence-electron chi connectivity index (χ0n) is 16.4. The Labute approximate surface area is 164 Å². The normalized spacial score (nSPS) is 21.5. The molecule has 3 aromatic rings. The standard InChI is InChI=1S/C23H25NO4/c1-11-9-14-5-6-15(23(27)20(14)18(10-11)28-4)16-7-8-17-19(22(16)26)12(2)24-13(3)21(17)25/h5-10,12-13,21,24-27H,1-4H3. The zero-order chi connectivity index (χ0) is 20.2. The number of phenolic OH excluding ortho intramolecular Hbond substituents is 2. The quantitative estimate of drug-likeness (QED) is 0.533. The van der Waals surface area contributed by atoms with Crippen molar-refractivity contribution in [2.75, 3.05) is 7.11 Å². The molecule has 5 heteroatoms. The Morgan fingerprint density at radius 1 is 0.964 bits per heavy atom. The molecule has 0 fully saturated rings. The van der Waals surface area contributed by atoms with Crippen molar-refractivity contribution >= 4 is 10.8 Å². The van der Waals surface area contributed by atoms with Gasteiger partial charge in [0, 0.05) is 28.8 Å². The molecule has 0 saturated heterocycles. The van der Waals surface area contributed by atoms with Crippen LogP contribution in [0.5, 0.6) is 17.2 Å². The van der Waals surface area contributed by atoms with Gasteiger partial charge < -0.3 is 25.4 Å². The molecule has 3 aromatic carbocycles. The largest absolute Gasteiger partial charge is 0.507 e. The van der Waals surface area contributed by atoms with Crippen molar-refractivity contribution in [2.45, 2.75) is 39.0 Å². The molecule has 1 heterocycles. The molecule has 3 atom stereocenters. The van der Waals surface area contributed by atoms with Crippen molar-refractivity contribution < 1.29 is 20.1 Å². The number of methoxy groups -OCH3 is 1. The summed E-state index contributed by atoms with van der Waals surface area (Å²) < 4.78 is 5.48. The summed E-state index contributed by atoms with van der Waals surface area (Å²) in [5.74, 6) is 0.727. The van der Waals surface area contributed by atoms with Crippen LogP contribution >= 0.6 is 0 Å². The fourth-order valence-electron chi connectivity index (χ4n) is 4.32. The fraction of sp³-hybridized carbons (Fsp3) is 0.304. The van der Waals surface area contributed by atoms with E-state index in [4.69, 9.17) is 4.74 Å². The lowest BCUT2D eigenvalue weighted by atomic mass is 9.85. The number of ether oxygens (including phenoxy) is 1. The minimum absolute atomic E-state index is 0.0648. The Morgan fingerprint density at radius 3 is 2.36 bits per heavy atom. The van der Waals surface area contributed by atoms with Crippen LogP contribution in [-0.4, -0.2) is 28.5 Å². The second-order valence-electron chi connectivity index (χ2n) is 7.61. The third kappa shape index (κ3) is 2.70. The third-order valence-corrected chi connectivity index (χ3v) is 5.70. The van der Waals surface area contributed by atoms with Gasteiger partial charge in [-0.1, -0.05) is 24.3 Å². The Bertz CT molecular complexity index is 1080. The number of benzene rings is 3. The van der Waals surface area contributed by atoms with Gasteiger partial charge in [0.05, 0.1) is 18.6 Å². The van der Waals surface area contributed by atoms with Crippen LogP contribution in [0, 0.1) is 6.92 Å². The van der Waals surface area contributed by atoms with Gasteiger partial charge in [0.25, 0.3) is 0 Å². The van der Waals surface area contributed by atoms with Crippen molar-refractivity contribution in [2.24, 2.45) is 0 Å². The summed E-state index contributed by atoms with van der Waals surface area (Å²) in [7, 11) is 1.58. The first-order valence-corrected chi connectivity index (χ1v) is 9.44. The van der Waals surface area contributed by atoms with E-state index in [9.17, 15) is 15.3 Å². The molecule has 3 unspecified atom stereocenters. The molecular weight excluding hydrogens is 354 g/mol. The molecule has 0 aromatic heterocycles. The number of aliphatic hydroxyl groups is 1.